The lowest BCUT2D eigenvalue weighted by Crippen LogP contribution is -2.45. The molecule has 2 N–H and O–H groups in total. The largest absolute Gasteiger partial charge is 0.331 e. The highest BCUT2D eigenvalue weighted by molar-refractivity contribution is 6.33. The summed E-state index contributed by atoms with van der Waals surface area (Å²) in [5.41, 5.74) is 0.720. The van der Waals surface area contributed by atoms with Crippen LogP contribution in [0, 0.1) is 5.92 Å². The molecule has 3 rings (SSSR count). The normalized spacial score (nSPS) is 15.0. The number of rotatable bonds is 3. The van der Waals surface area contributed by atoms with Crippen molar-refractivity contribution in [3.05, 3.63) is 29.3 Å². The molecule has 9 heteroatoms. The van der Waals surface area contributed by atoms with Crippen molar-refractivity contribution in [1.29, 1.82) is 0 Å². The molecule has 3 amide bonds. The van der Waals surface area contributed by atoms with E-state index in [1.165, 1.54) is 0 Å². The van der Waals surface area contributed by atoms with Crippen LogP contribution in [0.1, 0.15) is 12.8 Å². The molecule has 26 heavy (non-hydrogen) atoms. The summed E-state index contributed by atoms with van der Waals surface area (Å²) in [4.78, 5) is 32.0. The standard InChI is InChI=1S/C17H21ClN6O2/c1-23(2)17(26)24-9-7-11(8-10-24)15(25)20-16-19-14(21-22-16)12-5-3-4-6-13(12)18/h3-6,11H,7-10H2,1-2H3,(H2,19,20,21,22,25). The maximum Gasteiger partial charge on any atom is 0.319 e. The summed E-state index contributed by atoms with van der Waals surface area (Å²) in [5.74, 6) is 0.421. The van der Waals surface area contributed by atoms with E-state index in [0.717, 1.165) is 5.56 Å². The van der Waals surface area contributed by atoms with Gasteiger partial charge in [0.05, 0.1) is 5.02 Å². The number of hydrogen-bond donors (Lipinski definition) is 2. The Bertz CT molecular complexity index is 798. The number of piperidine rings is 1. The minimum atomic E-state index is -0.163. The molecule has 1 aliphatic rings. The van der Waals surface area contributed by atoms with Gasteiger partial charge in [0.25, 0.3) is 0 Å². The Hall–Kier alpha value is -2.61. The van der Waals surface area contributed by atoms with Crippen molar-refractivity contribution in [2.75, 3.05) is 32.5 Å². The zero-order chi connectivity index (χ0) is 18.7. The van der Waals surface area contributed by atoms with Crippen LogP contribution in [-0.4, -0.2) is 64.1 Å². The Labute approximate surface area is 156 Å². The average molecular weight is 377 g/mol. The van der Waals surface area contributed by atoms with Crippen LogP contribution < -0.4 is 5.32 Å². The van der Waals surface area contributed by atoms with Crippen LogP contribution in [0.15, 0.2) is 24.3 Å². The molecule has 1 aliphatic heterocycles. The number of amides is 3. The molecule has 8 nitrogen and oxygen atoms in total. The predicted molar refractivity (Wildman–Crippen MR) is 98.8 cm³/mol. The fourth-order valence-corrected chi connectivity index (χ4v) is 3.14. The topological polar surface area (TPSA) is 94.2 Å². The lowest BCUT2D eigenvalue weighted by atomic mass is 9.96. The van der Waals surface area contributed by atoms with Gasteiger partial charge in [-0.25, -0.2) is 4.79 Å². The number of carbonyl (C=O) groups excluding carboxylic acids is 2. The molecule has 0 aliphatic carbocycles. The van der Waals surface area contributed by atoms with Crippen molar-refractivity contribution in [2.24, 2.45) is 5.92 Å². The second-order valence-corrected chi connectivity index (χ2v) is 6.82. The summed E-state index contributed by atoms with van der Waals surface area (Å²) in [6.45, 7) is 1.13. The minimum absolute atomic E-state index is 0.0257. The van der Waals surface area contributed by atoms with Gasteiger partial charge < -0.3 is 9.80 Å². The Morgan fingerprint density at radius 1 is 1.27 bits per heavy atom. The average Bonchev–Trinajstić information content (AvgIpc) is 3.09. The second kappa shape index (κ2) is 7.74. The van der Waals surface area contributed by atoms with Crippen molar-refractivity contribution in [2.45, 2.75) is 12.8 Å². The van der Waals surface area contributed by atoms with Gasteiger partial charge in [0.1, 0.15) is 0 Å². The molecule has 1 fully saturated rings. The lowest BCUT2D eigenvalue weighted by molar-refractivity contribution is -0.121. The Kier molecular flexibility index (Phi) is 5.41. The number of benzene rings is 1. The number of aromatic nitrogens is 3. The van der Waals surface area contributed by atoms with Gasteiger partial charge in [-0.05, 0) is 25.0 Å². The van der Waals surface area contributed by atoms with Gasteiger partial charge in [-0.1, -0.05) is 23.7 Å². The van der Waals surface area contributed by atoms with E-state index in [1.54, 1.807) is 30.0 Å². The number of nitrogens with zero attached hydrogens (tertiary/aromatic N) is 4. The number of urea groups is 1. The summed E-state index contributed by atoms with van der Waals surface area (Å²) in [7, 11) is 3.45. The first-order valence-electron chi connectivity index (χ1n) is 8.40. The van der Waals surface area contributed by atoms with Gasteiger partial charge in [0, 0.05) is 38.7 Å². The number of H-pyrrole nitrogens is 1. The van der Waals surface area contributed by atoms with E-state index in [9.17, 15) is 9.59 Å². The van der Waals surface area contributed by atoms with Crippen LogP contribution in [0.25, 0.3) is 11.4 Å². The highest BCUT2D eigenvalue weighted by Crippen LogP contribution is 2.25. The van der Waals surface area contributed by atoms with Crippen molar-refractivity contribution in [3.8, 4) is 11.4 Å². The molecule has 0 bridgehead atoms. The van der Waals surface area contributed by atoms with E-state index < -0.39 is 0 Å². The number of likely N-dealkylation sites (tertiary alicyclic amines) is 1. The van der Waals surface area contributed by atoms with Crippen LogP contribution in [0.3, 0.4) is 0 Å². The third-order valence-corrected chi connectivity index (χ3v) is 4.70. The SMILES string of the molecule is CN(C)C(=O)N1CCC(C(=O)Nc2n[nH]c(-c3ccccc3Cl)n2)CC1. The Morgan fingerprint density at radius 2 is 1.96 bits per heavy atom. The van der Waals surface area contributed by atoms with E-state index in [-0.39, 0.29) is 23.8 Å². The van der Waals surface area contributed by atoms with Gasteiger partial charge in [-0.15, -0.1) is 5.10 Å². The number of anilines is 1. The van der Waals surface area contributed by atoms with Crippen LogP contribution in [0.2, 0.25) is 5.02 Å². The van der Waals surface area contributed by atoms with Gasteiger partial charge in [-0.2, -0.15) is 4.98 Å². The maximum absolute atomic E-state index is 12.4. The number of nitrogens with one attached hydrogen (secondary N) is 2. The molecule has 1 aromatic carbocycles. The molecule has 1 aromatic heterocycles. The molecular weight excluding hydrogens is 356 g/mol. The van der Waals surface area contributed by atoms with E-state index in [2.05, 4.69) is 20.5 Å². The Balaban J connectivity index is 1.58. The second-order valence-electron chi connectivity index (χ2n) is 6.42. The first kappa shape index (κ1) is 18.2. The number of carbonyl (C=O) groups is 2. The molecule has 0 atom stereocenters. The van der Waals surface area contributed by atoms with E-state index in [4.69, 9.17) is 11.6 Å². The zero-order valence-electron chi connectivity index (χ0n) is 14.7. The monoisotopic (exact) mass is 376 g/mol. The fraction of sp³-hybridized carbons (Fsp3) is 0.412. The summed E-state index contributed by atoms with van der Waals surface area (Å²) < 4.78 is 0. The molecule has 2 heterocycles. The third-order valence-electron chi connectivity index (χ3n) is 4.37. The van der Waals surface area contributed by atoms with Gasteiger partial charge in [0.15, 0.2) is 5.82 Å². The van der Waals surface area contributed by atoms with Crippen molar-refractivity contribution in [1.82, 2.24) is 25.0 Å². The molecule has 0 radical (unpaired) electrons. The van der Waals surface area contributed by atoms with Gasteiger partial charge >= 0.3 is 6.03 Å². The van der Waals surface area contributed by atoms with Crippen molar-refractivity contribution in [3.63, 3.8) is 0 Å². The minimum Gasteiger partial charge on any atom is -0.331 e. The van der Waals surface area contributed by atoms with E-state index in [0.29, 0.717) is 36.8 Å². The van der Waals surface area contributed by atoms with Gasteiger partial charge in [-0.3, -0.25) is 15.2 Å². The first-order valence-corrected chi connectivity index (χ1v) is 8.78. The molecule has 0 spiro atoms. The zero-order valence-corrected chi connectivity index (χ0v) is 15.5. The highest BCUT2D eigenvalue weighted by Gasteiger charge is 2.28. The van der Waals surface area contributed by atoms with Crippen LogP contribution in [-0.2, 0) is 4.79 Å². The predicted octanol–water partition coefficient (Wildman–Crippen LogP) is 2.46. The van der Waals surface area contributed by atoms with Crippen LogP contribution >= 0.6 is 11.6 Å². The molecule has 138 valence electrons. The lowest BCUT2D eigenvalue weighted by Gasteiger charge is -2.32. The summed E-state index contributed by atoms with van der Waals surface area (Å²) in [5, 5.41) is 10.1. The number of hydrogen-bond acceptors (Lipinski definition) is 4. The highest BCUT2D eigenvalue weighted by atomic mass is 35.5. The van der Waals surface area contributed by atoms with Gasteiger partial charge in [0.2, 0.25) is 11.9 Å². The van der Waals surface area contributed by atoms with E-state index >= 15 is 0 Å². The van der Waals surface area contributed by atoms with Crippen LogP contribution in [0.4, 0.5) is 10.7 Å². The summed E-state index contributed by atoms with van der Waals surface area (Å²) in [6.07, 6.45) is 1.24. The molecule has 1 saturated heterocycles. The third kappa shape index (κ3) is 3.96. The van der Waals surface area contributed by atoms with Crippen molar-refractivity contribution < 1.29 is 9.59 Å². The number of aromatic amines is 1. The molecule has 0 unspecified atom stereocenters. The summed E-state index contributed by atoms with van der Waals surface area (Å²) >= 11 is 6.15. The molecule has 2 aromatic rings. The number of halogens is 1. The quantitative estimate of drug-likeness (QED) is 0.860. The van der Waals surface area contributed by atoms with Crippen molar-refractivity contribution >= 4 is 29.5 Å². The summed E-state index contributed by atoms with van der Waals surface area (Å²) in [6, 6.07) is 7.25. The molecule has 0 saturated carbocycles. The molecular formula is C17H21ClN6O2. The maximum atomic E-state index is 12.4. The Morgan fingerprint density at radius 3 is 2.62 bits per heavy atom. The smallest absolute Gasteiger partial charge is 0.319 e. The van der Waals surface area contributed by atoms with E-state index in [1.807, 2.05) is 18.2 Å². The fourth-order valence-electron chi connectivity index (χ4n) is 2.92. The first-order chi connectivity index (χ1) is 12.5. The van der Waals surface area contributed by atoms with Crippen LogP contribution in [0.5, 0.6) is 0 Å².